The van der Waals surface area contributed by atoms with Crippen LogP contribution >= 0.6 is 23.2 Å². The summed E-state index contributed by atoms with van der Waals surface area (Å²) < 4.78 is 31.4. The van der Waals surface area contributed by atoms with Crippen LogP contribution in [-0.2, 0) is 9.53 Å². The van der Waals surface area contributed by atoms with Crippen LogP contribution in [0.2, 0.25) is 10.0 Å². The number of benzene rings is 1. The number of esters is 1. The summed E-state index contributed by atoms with van der Waals surface area (Å²) in [6.07, 6.45) is 2.12. The Morgan fingerprint density at radius 2 is 2.00 bits per heavy atom. The third-order valence-corrected chi connectivity index (χ3v) is 3.21. The van der Waals surface area contributed by atoms with Crippen molar-refractivity contribution in [1.29, 1.82) is 0 Å². The van der Waals surface area contributed by atoms with E-state index in [4.69, 9.17) is 23.2 Å². The van der Waals surface area contributed by atoms with Crippen molar-refractivity contribution >= 4 is 35.2 Å². The lowest BCUT2D eigenvalue weighted by atomic mass is 10.1. The predicted octanol–water partition coefficient (Wildman–Crippen LogP) is 4.12. The van der Waals surface area contributed by atoms with Crippen molar-refractivity contribution in [3.8, 4) is 0 Å². The number of cyclic esters (lactones) is 1. The zero-order valence-electron chi connectivity index (χ0n) is 9.45. The molecular weight excluding hydrogens is 297 g/mol. The van der Waals surface area contributed by atoms with Crippen LogP contribution in [0.3, 0.4) is 0 Å². The Labute approximate surface area is 118 Å². The number of hydrogen-bond donors (Lipinski definition) is 0. The lowest BCUT2D eigenvalue weighted by Crippen LogP contribution is -2.37. The number of rotatable bonds is 2. The molecule has 0 amide bonds. The van der Waals surface area contributed by atoms with Gasteiger partial charge in [-0.25, -0.2) is 4.79 Å². The van der Waals surface area contributed by atoms with Crippen LogP contribution in [0.15, 0.2) is 36.4 Å². The van der Waals surface area contributed by atoms with Gasteiger partial charge < -0.3 is 4.74 Å². The monoisotopic (exact) mass is 304 g/mol. The molecule has 1 aliphatic heterocycles. The summed E-state index contributed by atoms with van der Waals surface area (Å²) in [6.45, 7) is 0. The van der Waals surface area contributed by atoms with Crippen LogP contribution in [0.5, 0.6) is 0 Å². The fourth-order valence-corrected chi connectivity index (χ4v) is 1.81. The molecule has 2 nitrogen and oxygen atoms in total. The highest BCUT2D eigenvalue weighted by atomic mass is 35.5. The highest BCUT2D eigenvalue weighted by molar-refractivity contribution is 6.42. The lowest BCUT2D eigenvalue weighted by molar-refractivity contribution is -0.157. The van der Waals surface area contributed by atoms with E-state index in [0.29, 0.717) is 27.8 Å². The fourth-order valence-electron chi connectivity index (χ4n) is 1.50. The van der Waals surface area contributed by atoms with E-state index in [0.717, 1.165) is 6.08 Å². The molecule has 0 fully saturated rings. The van der Waals surface area contributed by atoms with E-state index in [1.807, 2.05) is 0 Å². The molecule has 0 radical (unpaired) electrons. The summed E-state index contributed by atoms with van der Waals surface area (Å²) in [4.78, 5) is 11.0. The van der Waals surface area contributed by atoms with Crippen LogP contribution < -0.4 is 0 Å². The Morgan fingerprint density at radius 1 is 1.26 bits per heavy atom. The summed E-state index contributed by atoms with van der Waals surface area (Å²) in [7, 11) is 0. The average Bonchev–Trinajstić information content (AvgIpc) is 2.35. The summed E-state index contributed by atoms with van der Waals surface area (Å²) in [5.74, 6) is -4.02. The van der Waals surface area contributed by atoms with E-state index in [2.05, 4.69) is 4.74 Å². The maximum absolute atomic E-state index is 13.4. The van der Waals surface area contributed by atoms with E-state index in [1.54, 1.807) is 12.1 Å². The Balaban J connectivity index is 2.20. The molecule has 100 valence electrons. The number of halogens is 4. The minimum atomic E-state index is -3.22. The quantitative estimate of drug-likeness (QED) is 0.768. The third kappa shape index (κ3) is 3.33. The fraction of sp³-hybridized carbons (Fsp3) is 0.154. The molecule has 19 heavy (non-hydrogen) atoms. The number of carbonyl (C=O) groups excluding carboxylic acids is 1. The zero-order chi connectivity index (χ0) is 14.0. The van der Waals surface area contributed by atoms with E-state index in [9.17, 15) is 13.6 Å². The van der Waals surface area contributed by atoms with Gasteiger partial charge in [-0.3, -0.25) is 0 Å². The van der Waals surface area contributed by atoms with E-state index in [1.165, 1.54) is 12.1 Å². The van der Waals surface area contributed by atoms with E-state index in [-0.39, 0.29) is 0 Å². The second kappa shape index (κ2) is 5.31. The maximum Gasteiger partial charge on any atom is 0.331 e. The van der Waals surface area contributed by atoms with Gasteiger partial charge in [0.1, 0.15) is 0 Å². The van der Waals surface area contributed by atoms with Crippen LogP contribution in [0, 0.1) is 0 Å². The molecule has 1 heterocycles. The summed E-state index contributed by atoms with van der Waals surface area (Å²) in [5.41, 5.74) is 0.579. The molecule has 0 unspecified atom stereocenters. The van der Waals surface area contributed by atoms with Gasteiger partial charge in [0.25, 0.3) is 0 Å². The van der Waals surface area contributed by atoms with Gasteiger partial charge in [-0.1, -0.05) is 35.3 Å². The molecule has 1 atom stereocenters. The third-order valence-electron chi connectivity index (χ3n) is 2.47. The first-order chi connectivity index (χ1) is 8.88. The molecule has 1 aliphatic rings. The highest BCUT2D eigenvalue weighted by Crippen LogP contribution is 2.29. The topological polar surface area (TPSA) is 26.3 Å². The van der Waals surface area contributed by atoms with Gasteiger partial charge in [0.05, 0.1) is 10.0 Å². The minimum Gasteiger partial charge on any atom is -0.448 e. The first-order valence-corrected chi connectivity index (χ1v) is 6.05. The molecular formula is C13H8Cl2F2O2. The van der Waals surface area contributed by atoms with Crippen molar-refractivity contribution in [1.82, 2.24) is 0 Å². The largest absolute Gasteiger partial charge is 0.448 e. The number of ether oxygens (including phenoxy) is 1. The van der Waals surface area contributed by atoms with Crippen LogP contribution in [-0.4, -0.2) is 18.0 Å². The Morgan fingerprint density at radius 3 is 2.68 bits per heavy atom. The van der Waals surface area contributed by atoms with Gasteiger partial charge in [-0.15, -0.1) is 0 Å². The normalized spacial score (nSPS) is 21.7. The summed E-state index contributed by atoms with van der Waals surface area (Å²) in [6, 6.07) is 4.69. The van der Waals surface area contributed by atoms with Gasteiger partial charge in [0.2, 0.25) is 0 Å². The Bertz CT molecular complexity index is 568. The summed E-state index contributed by atoms with van der Waals surface area (Å²) >= 11 is 11.5. The molecule has 6 heteroatoms. The highest BCUT2D eigenvalue weighted by Gasteiger charge is 2.41. The smallest absolute Gasteiger partial charge is 0.331 e. The van der Waals surface area contributed by atoms with Gasteiger partial charge >= 0.3 is 11.9 Å². The van der Waals surface area contributed by atoms with E-state index >= 15 is 0 Å². The maximum atomic E-state index is 13.4. The van der Waals surface area contributed by atoms with Crippen molar-refractivity contribution in [2.75, 3.05) is 0 Å². The van der Waals surface area contributed by atoms with Gasteiger partial charge in [0, 0.05) is 6.08 Å². The molecule has 0 aromatic heterocycles. The van der Waals surface area contributed by atoms with Crippen LogP contribution in [0.25, 0.3) is 6.08 Å². The number of carbonyl (C=O) groups is 1. The molecule has 0 spiro atoms. The molecule has 0 N–H and O–H groups in total. The number of alkyl halides is 2. The second-order valence-electron chi connectivity index (χ2n) is 3.90. The average molecular weight is 305 g/mol. The Hall–Kier alpha value is -1.39. The van der Waals surface area contributed by atoms with Crippen molar-refractivity contribution in [3.05, 3.63) is 52.0 Å². The van der Waals surface area contributed by atoms with Crippen molar-refractivity contribution in [2.45, 2.75) is 12.0 Å². The molecule has 2 rings (SSSR count). The van der Waals surface area contributed by atoms with Crippen LogP contribution in [0.1, 0.15) is 5.56 Å². The predicted molar refractivity (Wildman–Crippen MR) is 69.5 cm³/mol. The SMILES string of the molecule is O=C1C=CC(F)(F)[C@H](/C=C/c2ccc(Cl)c(Cl)c2)O1. The van der Waals surface area contributed by atoms with Crippen molar-refractivity contribution in [3.63, 3.8) is 0 Å². The molecule has 0 saturated heterocycles. The lowest BCUT2D eigenvalue weighted by Gasteiger charge is -2.24. The Kier molecular flexibility index (Phi) is 3.92. The molecule has 1 aromatic rings. The number of hydrogen-bond acceptors (Lipinski definition) is 2. The second-order valence-corrected chi connectivity index (χ2v) is 4.71. The zero-order valence-corrected chi connectivity index (χ0v) is 11.0. The minimum absolute atomic E-state index is 0.316. The molecule has 1 aromatic carbocycles. The van der Waals surface area contributed by atoms with Crippen LogP contribution in [0.4, 0.5) is 8.78 Å². The van der Waals surface area contributed by atoms with Gasteiger partial charge in [-0.2, -0.15) is 8.78 Å². The summed E-state index contributed by atoms with van der Waals surface area (Å²) in [5, 5.41) is 0.687. The van der Waals surface area contributed by atoms with Gasteiger partial charge in [-0.05, 0) is 29.8 Å². The van der Waals surface area contributed by atoms with Crippen molar-refractivity contribution < 1.29 is 18.3 Å². The first-order valence-electron chi connectivity index (χ1n) is 5.29. The standard InChI is InChI=1S/C13H8Cl2F2O2/c14-9-3-1-8(7-10(9)15)2-4-11-13(16,17)6-5-12(18)19-11/h1-7,11H/b4-2+/t11-/m0/s1. The van der Waals surface area contributed by atoms with Crippen molar-refractivity contribution in [2.24, 2.45) is 0 Å². The molecule has 0 aliphatic carbocycles. The molecule has 0 bridgehead atoms. The van der Waals surface area contributed by atoms with Gasteiger partial charge in [0.15, 0.2) is 6.10 Å². The molecule has 0 saturated carbocycles. The first kappa shape index (κ1) is 14.0. The van der Waals surface area contributed by atoms with E-state index < -0.39 is 18.0 Å².